The maximum atomic E-state index is 11.8. The Morgan fingerprint density at radius 2 is 2.03 bits per heavy atom. The molecule has 4 rings (SSSR count). The summed E-state index contributed by atoms with van der Waals surface area (Å²) in [6, 6.07) is 7.53. The number of nitrogens with one attached hydrogen (secondary N) is 2. The molecule has 1 saturated heterocycles. The van der Waals surface area contributed by atoms with Crippen LogP contribution in [0.15, 0.2) is 24.3 Å². The minimum absolute atomic E-state index is 0.237. The van der Waals surface area contributed by atoms with Gasteiger partial charge in [-0.3, -0.25) is 4.79 Å². The summed E-state index contributed by atoms with van der Waals surface area (Å²) in [5.41, 5.74) is 3.58. The Bertz CT molecular complexity index is 965. The van der Waals surface area contributed by atoms with Crippen molar-refractivity contribution in [1.29, 1.82) is 0 Å². The van der Waals surface area contributed by atoms with Gasteiger partial charge in [0.2, 0.25) is 6.41 Å². The van der Waals surface area contributed by atoms with E-state index in [1.807, 2.05) is 31.2 Å². The Balaban J connectivity index is 1.69. The van der Waals surface area contributed by atoms with Crippen LogP contribution in [0.2, 0.25) is 0 Å². The van der Waals surface area contributed by atoms with Crippen LogP contribution in [0.5, 0.6) is 0 Å². The molecular weight excluding hydrogens is 408 g/mol. The number of carbonyl (C=O) groups is 2. The normalized spacial score (nSPS) is 18.1. The van der Waals surface area contributed by atoms with Crippen LogP contribution in [0, 0.1) is 0 Å². The molecule has 2 aliphatic heterocycles. The van der Waals surface area contributed by atoms with Crippen LogP contribution < -0.4 is 15.5 Å². The maximum absolute atomic E-state index is 11.8. The van der Waals surface area contributed by atoms with Crippen LogP contribution >= 0.6 is 0 Å². The Morgan fingerprint density at radius 3 is 2.75 bits per heavy atom. The third kappa shape index (κ3) is 4.67. The zero-order valence-electron chi connectivity index (χ0n) is 18.6. The highest BCUT2D eigenvalue weighted by Gasteiger charge is 2.29. The molecule has 1 aromatic carbocycles. The van der Waals surface area contributed by atoms with E-state index in [1.165, 1.54) is 0 Å². The first-order valence-electron chi connectivity index (χ1n) is 11.2. The second-order valence-corrected chi connectivity index (χ2v) is 8.01. The van der Waals surface area contributed by atoms with Crippen LogP contribution in [0.1, 0.15) is 31.5 Å². The molecule has 3 amide bonds. The van der Waals surface area contributed by atoms with Gasteiger partial charge in [0.05, 0.1) is 31.5 Å². The fraction of sp³-hybridized carbons (Fsp3) is 0.478. The molecule has 0 unspecified atom stereocenters. The van der Waals surface area contributed by atoms with Crippen molar-refractivity contribution in [2.45, 2.75) is 39.3 Å². The molecule has 2 N–H and O–H groups in total. The molecule has 2 aliphatic rings. The topological polar surface area (TPSA) is 99.7 Å². The summed E-state index contributed by atoms with van der Waals surface area (Å²) in [6.45, 7) is 7.90. The molecule has 3 heterocycles. The Hall–Kier alpha value is -3.20. The molecule has 0 spiro atoms. The largest absolute Gasteiger partial charge is 0.377 e. The molecule has 1 atom stereocenters. The molecule has 1 aromatic heterocycles. The molecule has 170 valence electrons. The van der Waals surface area contributed by atoms with Crippen LogP contribution in [-0.4, -0.2) is 66.2 Å². The van der Waals surface area contributed by atoms with Crippen molar-refractivity contribution < 1.29 is 14.3 Å². The van der Waals surface area contributed by atoms with Crippen molar-refractivity contribution in [3.05, 3.63) is 35.5 Å². The fourth-order valence-corrected chi connectivity index (χ4v) is 4.20. The summed E-state index contributed by atoms with van der Waals surface area (Å²) in [7, 11) is 0. The second kappa shape index (κ2) is 9.95. The van der Waals surface area contributed by atoms with Crippen molar-refractivity contribution in [3.63, 3.8) is 0 Å². The van der Waals surface area contributed by atoms with E-state index in [9.17, 15) is 9.59 Å². The van der Waals surface area contributed by atoms with E-state index in [-0.39, 0.29) is 12.1 Å². The van der Waals surface area contributed by atoms with E-state index in [0.29, 0.717) is 44.4 Å². The fourth-order valence-electron chi connectivity index (χ4n) is 4.20. The number of nitrogens with zero attached hydrogens (tertiary/aromatic N) is 4. The number of ether oxygens (including phenoxy) is 1. The highest BCUT2D eigenvalue weighted by atomic mass is 16.5. The number of morpholine rings is 1. The summed E-state index contributed by atoms with van der Waals surface area (Å²) in [5, 5.41) is 5.52. The van der Waals surface area contributed by atoms with Crippen molar-refractivity contribution >= 4 is 23.9 Å². The minimum Gasteiger partial charge on any atom is -0.377 e. The van der Waals surface area contributed by atoms with Gasteiger partial charge in [-0.05, 0) is 44.0 Å². The van der Waals surface area contributed by atoms with Crippen molar-refractivity contribution in [2.24, 2.45) is 0 Å². The summed E-state index contributed by atoms with van der Waals surface area (Å²) in [6.07, 6.45) is 2.59. The van der Waals surface area contributed by atoms with Gasteiger partial charge in [0.15, 0.2) is 5.82 Å². The minimum atomic E-state index is -0.237. The number of carbonyl (C=O) groups excluding carboxylic acids is 2. The van der Waals surface area contributed by atoms with Gasteiger partial charge < -0.3 is 25.2 Å². The van der Waals surface area contributed by atoms with E-state index in [0.717, 1.165) is 48.4 Å². The van der Waals surface area contributed by atoms with Crippen LogP contribution in [0.3, 0.4) is 0 Å². The number of urea groups is 1. The first-order chi connectivity index (χ1) is 15.6. The number of fused-ring (bicyclic) bond motifs is 1. The number of rotatable bonds is 6. The van der Waals surface area contributed by atoms with E-state index >= 15 is 0 Å². The molecule has 0 bridgehead atoms. The van der Waals surface area contributed by atoms with Gasteiger partial charge >= 0.3 is 6.03 Å². The number of hydrogen-bond donors (Lipinski definition) is 2. The summed E-state index contributed by atoms with van der Waals surface area (Å²) >= 11 is 0. The molecular formula is C23H30N6O3. The van der Waals surface area contributed by atoms with Gasteiger partial charge in [0.25, 0.3) is 0 Å². The van der Waals surface area contributed by atoms with E-state index in [4.69, 9.17) is 14.7 Å². The summed E-state index contributed by atoms with van der Waals surface area (Å²) in [5.74, 6) is 1.58. The number of amides is 3. The SMILES string of the molecule is CCNC(=O)Nc1ccc(-c2nc3c(c(N4CCOC[C@@H]4CC)n2)CCN(C=O)C3)cc1. The molecule has 32 heavy (non-hydrogen) atoms. The third-order valence-electron chi connectivity index (χ3n) is 5.93. The van der Waals surface area contributed by atoms with Crippen LogP contribution in [-0.2, 0) is 22.5 Å². The highest BCUT2D eigenvalue weighted by molar-refractivity contribution is 5.89. The van der Waals surface area contributed by atoms with Crippen LogP contribution in [0.25, 0.3) is 11.4 Å². The second-order valence-electron chi connectivity index (χ2n) is 8.01. The van der Waals surface area contributed by atoms with Crippen molar-refractivity contribution in [1.82, 2.24) is 20.2 Å². The first kappa shape index (κ1) is 22.0. The average Bonchev–Trinajstić information content (AvgIpc) is 2.83. The average molecular weight is 439 g/mol. The summed E-state index contributed by atoms with van der Waals surface area (Å²) in [4.78, 5) is 37.1. The zero-order valence-corrected chi connectivity index (χ0v) is 18.6. The number of benzene rings is 1. The Labute approximate surface area is 188 Å². The lowest BCUT2D eigenvalue weighted by molar-refractivity contribution is -0.119. The standard InChI is InChI=1S/C23H30N6O3/c1-3-18-14-32-12-11-29(18)22-19-9-10-28(15-30)13-20(19)26-21(27-22)16-5-7-17(8-6-16)25-23(31)24-4-2/h5-8,15,18H,3-4,9-14H2,1-2H3,(H2,24,25,31)/t18-/m0/s1. The molecule has 9 heteroatoms. The monoisotopic (exact) mass is 438 g/mol. The molecule has 0 saturated carbocycles. The Kier molecular flexibility index (Phi) is 6.84. The lowest BCUT2D eigenvalue weighted by Gasteiger charge is -2.38. The predicted molar refractivity (Wildman–Crippen MR) is 123 cm³/mol. The van der Waals surface area contributed by atoms with Gasteiger partial charge in [0.1, 0.15) is 5.82 Å². The van der Waals surface area contributed by atoms with Crippen molar-refractivity contribution in [3.8, 4) is 11.4 Å². The lowest BCUT2D eigenvalue weighted by atomic mass is 10.0. The lowest BCUT2D eigenvalue weighted by Crippen LogP contribution is -2.46. The van der Waals surface area contributed by atoms with Crippen LogP contribution in [0.4, 0.5) is 16.3 Å². The van der Waals surface area contributed by atoms with Gasteiger partial charge in [-0.1, -0.05) is 6.92 Å². The molecule has 9 nitrogen and oxygen atoms in total. The van der Waals surface area contributed by atoms with Gasteiger partial charge in [-0.25, -0.2) is 14.8 Å². The predicted octanol–water partition coefficient (Wildman–Crippen LogP) is 2.41. The maximum Gasteiger partial charge on any atom is 0.319 e. The van der Waals surface area contributed by atoms with Gasteiger partial charge in [-0.2, -0.15) is 0 Å². The van der Waals surface area contributed by atoms with E-state index in [2.05, 4.69) is 22.5 Å². The molecule has 2 aromatic rings. The number of hydrogen-bond acceptors (Lipinski definition) is 6. The molecule has 0 radical (unpaired) electrons. The highest BCUT2D eigenvalue weighted by Crippen LogP contribution is 2.32. The third-order valence-corrected chi connectivity index (χ3v) is 5.93. The smallest absolute Gasteiger partial charge is 0.319 e. The quantitative estimate of drug-likeness (QED) is 0.672. The first-order valence-corrected chi connectivity index (χ1v) is 11.2. The van der Waals surface area contributed by atoms with E-state index < -0.39 is 0 Å². The Morgan fingerprint density at radius 1 is 1.22 bits per heavy atom. The van der Waals surface area contributed by atoms with E-state index in [1.54, 1.807) is 4.90 Å². The number of anilines is 2. The van der Waals surface area contributed by atoms with Gasteiger partial charge in [0, 0.05) is 36.4 Å². The summed E-state index contributed by atoms with van der Waals surface area (Å²) < 4.78 is 5.70. The zero-order chi connectivity index (χ0) is 22.5. The molecule has 0 aliphatic carbocycles. The van der Waals surface area contributed by atoms with Crippen molar-refractivity contribution in [2.75, 3.05) is 43.1 Å². The molecule has 1 fully saturated rings. The van der Waals surface area contributed by atoms with Gasteiger partial charge in [-0.15, -0.1) is 0 Å². The number of aromatic nitrogens is 2.